The van der Waals surface area contributed by atoms with Gasteiger partial charge in [0.05, 0.1) is 5.56 Å². The Labute approximate surface area is 174 Å². The van der Waals surface area contributed by atoms with Gasteiger partial charge in [-0.3, -0.25) is 4.79 Å². The third kappa shape index (κ3) is 3.96. The van der Waals surface area contributed by atoms with Gasteiger partial charge in [-0.25, -0.2) is 4.79 Å². The van der Waals surface area contributed by atoms with Gasteiger partial charge in [-0.2, -0.15) is 0 Å². The minimum Gasteiger partial charge on any atom is -0.444 e. The van der Waals surface area contributed by atoms with E-state index in [1.54, 1.807) is 18.3 Å². The predicted octanol–water partition coefficient (Wildman–Crippen LogP) is 5.32. The Hall–Kier alpha value is -3.86. The molecule has 0 bridgehead atoms. The lowest BCUT2D eigenvalue weighted by atomic mass is 10.1. The van der Waals surface area contributed by atoms with Crippen molar-refractivity contribution >= 4 is 28.5 Å². The van der Waals surface area contributed by atoms with Crippen LogP contribution in [0.15, 0.2) is 79.0 Å². The molecule has 5 nitrogen and oxygen atoms in total. The van der Waals surface area contributed by atoms with Crippen LogP contribution in [0.3, 0.4) is 0 Å². The summed E-state index contributed by atoms with van der Waals surface area (Å²) in [6.07, 6.45) is 0.532. The minimum absolute atomic E-state index is 0.395. The van der Waals surface area contributed by atoms with Crippen molar-refractivity contribution < 1.29 is 14.3 Å². The quantitative estimate of drug-likeness (QED) is 0.447. The highest BCUT2D eigenvalue weighted by Crippen LogP contribution is 2.26. The molecule has 0 aliphatic carbocycles. The van der Waals surface area contributed by atoms with Crippen LogP contribution in [-0.2, 0) is 9.53 Å². The van der Waals surface area contributed by atoms with E-state index < -0.39 is 18.0 Å². The van der Waals surface area contributed by atoms with E-state index >= 15 is 0 Å². The highest BCUT2D eigenvalue weighted by Gasteiger charge is 2.27. The first kappa shape index (κ1) is 19.5. The van der Waals surface area contributed by atoms with E-state index in [1.165, 1.54) is 0 Å². The first-order valence-corrected chi connectivity index (χ1v) is 9.73. The van der Waals surface area contributed by atoms with Crippen LogP contribution in [0.5, 0.6) is 0 Å². The fraction of sp³-hybridized carbons (Fsp3) is 0.120. The number of aromatic nitrogens is 1. The van der Waals surface area contributed by atoms with Crippen molar-refractivity contribution in [3.05, 3.63) is 101 Å². The lowest BCUT2D eigenvalue weighted by Gasteiger charge is -2.19. The maximum absolute atomic E-state index is 13.1. The maximum Gasteiger partial charge on any atom is 0.341 e. The van der Waals surface area contributed by atoms with Crippen molar-refractivity contribution in [3.8, 4) is 0 Å². The highest BCUT2D eigenvalue weighted by molar-refractivity contribution is 6.05. The molecule has 1 amide bonds. The average Bonchev–Trinajstić information content (AvgIpc) is 3.19. The summed E-state index contributed by atoms with van der Waals surface area (Å²) in [5.41, 5.74) is 4.50. The monoisotopic (exact) mass is 398 g/mol. The second-order valence-electron chi connectivity index (χ2n) is 7.25. The average molecular weight is 398 g/mol. The van der Waals surface area contributed by atoms with Crippen molar-refractivity contribution in [2.24, 2.45) is 0 Å². The molecular formula is C25H22N2O3. The van der Waals surface area contributed by atoms with Gasteiger partial charge in [0.1, 0.15) is 0 Å². The minimum atomic E-state index is -1.08. The van der Waals surface area contributed by atoms with Crippen LogP contribution in [0, 0.1) is 13.8 Å². The first-order valence-electron chi connectivity index (χ1n) is 9.73. The molecule has 4 rings (SSSR count). The van der Waals surface area contributed by atoms with Gasteiger partial charge in [-0.1, -0.05) is 60.7 Å². The highest BCUT2D eigenvalue weighted by atomic mass is 16.5. The molecule has 1 atom stereocenters. The Bertz CT molecular complexity index is 1210. The van der Waals surface area contributed by atoms with Gasteiger partial charge in [0.15, 0.2) is 0 Å². The van der Waals surface area contributed by atoms with Crippen LogP contribution in [0.4, 0.5) is 5.69 Å². The summed E-state index contributed by atoms with van der Waals surface area (Å²) in [4.78, 5) is 29.2. The molecule has 2 N–H and O–H groups in total. The Morgan fingerprint density at radius 1 is 0.933 bits per heavy atom. The molecule has 5 heteroatoms. The molecule has 3 aromatic carbocycles. The number of carbonyl (C=O) groups excluding carboxylic acids is 2. The lowest BCUT2D eigenvalue weighted by Crippen LogP contribution is -2.26. The number of aryl methyl sites for hydroxylation is 2. The fourth-order valence-electron chi connectivity index (χ4n) is 3.38. The molecule has 0 spiro atoms. The zero-order valence-corrected chi connectivity index (χ0v) is 16.8. The summed E-state index contributed by atoms with van der Waals surface area (Å²) in [6, 6.07) is 22.3. The van der Waals surface area contributed by atoms with E-state index in [4.69, 9.17) is 4.74 Å². The Kier molecular flexibility index (Phi) is 5.35. The second kappa shape index (κ2) is 8.25. The topological polar surface area (TPSA) is 71.2 Å². The number of H-pyrrole nitrogens is 1. The number of aromatic amines is 1. The van der Waals surface area contributed by atoms with Gasteiger partial charge < -0.3 is 15.0 Å². The summed E-state index contributed by atoms with van der Waals surface area (Å²) in [5.74, 6) is -0.958. The summed E-state index contributed by atoms with van der Waals surface area (Å²) in [5, 5.41) is 3.67. The van der Waals surface area contributed by atoms with Crippen molar-refractivity contribution in [2.45, 2.75) is 20.0 Å². The number of ether oxygens (including phenoxy) is 1. The van der Waals surface area contributed by atoms with Crippen molar-refractivity contribution in [3.63, 3.8) is 0 Å². The summed E-state index contributed by atoms with van der Waals surface area (Å²) < 4.78 is 5.72. The fourth-order valence-corrected chi connectivity index (χ4v) is 3.38. The van der Waals surface area contributed by atoms with Gasteiger partial charge in [-0.05, 0) is 37.1 Å². The maximum atomic E-state index is 13.1. The van der Waals surface area contributed by atoms with Crippen molar-refractivity contribution in [1.29, 1.82) is 0 Å². The van der Waals surface area contributed by atoms with Gasteiger partial charge in [0, 0.05) is 28.4 Å². The summed E-state index contributed by atoms with van der Waals surface area (Å²) in [6.45, 7) is 3.88. The number of hydrogen-bond donors (Lipinski definition) is 2. The second-order valence-corrected chi connectivity index (χ2v) is 7.25. The zero-order valence-electron chi connectivity index (χ0n) is 16.8. The number of nitrogens with one attached hydrogen (secondary N) is 2. The van der Waals surface area contributed by atoms with Crippen LogP contribution in [0.2, 0.25) is 0 Å². The van der Waals surface area contributed by atoms with E-state index in [1.807, 2.05) is 74.5 Å². The molecule has 30 heavy (non-hydrogen) atoms. The van der Waals surface area contributed by atoms with E-state index in [0.29, 0.717) is 16.8 Å². The number of hydrogen-bond acceptors (Lipinski definition) is 3. The smallest absolute Gasteiger partial charge is 0.341 e. The van der Waals surface area contributed by atoms with E-state index in [9.17, 15) is 9.59 Å². The van der Waals surface area contributed by atoms with Crippen LogP contribution >= 0.6 is 0 Å². The van der Waals surface area contributed by atoms with Crippen molar-refractivity contribution in [1.82, 2.24) is 4.98 Å². The molecular weight excluding hydrogens is 376 g/mol. The molecule has 4 aromatic rings. The Balaban J connectivity index is 1.64. The number of anilines is 1. The number of carbonyl (C=O) groups is 2. The van der Waals surface area contributed by atoms with Gasteiger partial charge in [0.2, 0.25) is 6.10 Å². The molecule has 0 radical (unpaired) electrons. The molecule has 1 heterocycles. The van der Waals surface area contributed by atoms with Crippen LogP contribution in [-0.4, -0.2) is 16.9 Å². The molecule has 0 fully saturated rings. The van der Waals surface area contributed by atoms with E-state index in [-0.39, 0.29) is 0 Å². The number of amides is 1. The van der Waals surface area contributed by atoms with E-state index in [2.05, 4.69) is 10.3 Å². The number of fused-ring (bicyclic) bond motifs is 1. The molecule has 0 unspecified atom stereocenters. The van der Waals surface area contributed by atoms with Crippen LogP contribution in [0.1, 0.15) is 33.2 Å². The molecule has 0 saturated heterocycles. The molecule has 1 aromatic heterocycles. The van der Waals surface area contributed by atoms with Crippen LogP contribution < -0.4 is 5.32 Å². The zero-order chi connectivity index (χ0) is 21.1. The normalized spacial score (nSPS) is 11.8. The predicted molar refractivity (Wildman–Crippen MR) is 117 cm³/mol. The van der Waals surface area contributed by atoms with Crippen LogP contribution in [0.25, 0.3) is 10.9 Å². The number of benzene rings is 3. The SMILES string of the molecule is Cc1ccc(C)c(NC(=O)[C@H](OC(=O)c2c[nH]c3ccccc23)c2ccccc2)c1. The summed E-state index contributed by atoms with van der Waals surface area (Å²) in [7, 11) is 0. The molecule has 0 saturated carbocycles. The van der Waals surface area contributed by atoms with Gasteiger partial charge in [0.25, 0.3) is 5.91 Å². The van der Waals surface area contributed by atoms with Gasteiger partial charge in [-0.15, -0.1) is 0 Å². The number of rotatable bonds is 5. The molecule has 0 aliphatic rings. The number of esters is 1. The largest absolute Gasteiger partial charge is 0.444 e. The van der Waals surface area contributed by atoms with Crippen molar-refractivity contribution in [2.75, 3.05) is 5.32 Å². The number of para-hydroxylation sites is 1. The van der Waals surface area contributed by atoms with E-state index in [0.717, 1.165) is 22.0 Å². The summed E-state index contributed by atoms with van der Waals surface area (Å²) >= 11 is 0. The third-order valence-corrected chi connectivity index (χ3v) is 5.03. The third-order valence-electron chi connectivity index (χ3n) is 5.03. The van der Waals surface area contributed by atoms with Gasteiger partial charge >= 0.3 is 5.97 Å². The lowest BCUT2D eigenvalue weighted by molar-refractivity contribution is -0.125. The first-order chi connectivity index (χ1) is 14.5. The Morgan fingerprint density at radius 2 is 1.67 bits per heavy atom. The molecule has 150 valence electrons. The Morgan fingerprint density at radius 3 is 2.47 bits per heavy atom. The standard InChI is InChI=1S/C25H22N2O3/c1-16-12-13-17(2)22(14-16)27-24(28)23(18-8-4-3-5-9-18)30-25(29)20-15-26-21-11-7-6-10-19(20)21/h3-15,23,26H,1-2H3,(H,27,28)/t23-/m1/s1. The molecule has 0 aliphatic heterocycles.